The molecule has 4 heteroatoms. The van der Waals surface area contributed by atoms with E-state index in [1.165, 1.54) is 19.1 Å². The van der Waals surface area contributed by atoms with E-state index in [4.69, 9.17) is 9.15 Å². The second-order valence-corrected chi connectivity index (χ2v) is 4.26. The van der Waals surface area contributed by atoms with Crippen LogP contribution < -0.4 is 4.74 Å². The molecular formula is C16H14O4. The van der Waals surface area contributed by atoms with Crippen LogP contribution in [-0.4, -0.2) is 11.8 Å². The topological polar surface area (TPSA) is 56.5 Å². The molecule has 4 nitrogen and oxygen atoms in total. The first-order valence-electron chi connectivity index (χ1n) is 6.12. The van der Waals surface area contributed by atoms with Gasteiger partial charge in [0.15, 0.2) is 5.78 Å². The van der Waals surface area contributed by atoms with Crippen molar-refractivity contribution >= 4 is 17.8 Å². The van der Waals surface area contributed by atoms with Crippen LogP contribution >= 0.6 is 0 Å². The second-order valence-electron chi connectivity index (χ2n) is 4.26. The molecule has 1 aromatic heterocycles. The summed E-state index contributed by atoms with van der Waals surface area (Å²) in [6.07, 6.45) is 2.78. The third-order valence-corrected chi connectivity index (χ3v) is 2.62. The maximum Gasteiger partial charge on any atom is 0.336 e. The van der Waals surface area contributed by atoms with Crippen molar-refractivity contribution in [2.75, 3.05) is 0 Å². The number of carbonyl (C=O) groups excluding carboxylic acids is 2. The summed E-state index contributed by atoms with van der Waals surface area (Å²) in [6.45, 7) is 3.24. The number of hydrogen-bond donors (Lipinski definition) is 0. The lowest BCUT2D eigenvalue weighted by Crippen LogP contribution is -2.07. The van der Waals surface area contributed by atoms with E-state index >= 15 is 0 Å². The van der Waals surface area contributed by atoms with Gasteiger partial charge in [0, 0.05) is 6.08 Å². The van der Waals surface area contributed by atoms with Gasteiger partial charge in [-0.25, -0.2) is 4.79 Å². The molecular weight excluding hydrogens is 256 g/mol. The molecule has 0 unspecified atom stereocenters. The zero-order valence-electron chi connectivity index (χ0n) is 11.3. The highest BCUT2D eigenvalue weighted by molar-refractivity contribution is 5.98. The molecule has 102 valence electrons. The molecule has 0 aliphatic heterocycles. The van der Waals surface area contributed by atoms with Crippen LogP contribution in [0.3, 0.4) is 0 Å². The van der Waals surface area contributed by atoms with Crippen LogP contribution in [0.25, 0.3) is 6.08 Å². The van der Waals surface area contributed by atoms with Gasteiger partial charge in [-0.3, -0.25) is 4.79 Å². The molecule has 0 amide bonds. The van der Waals surface area contributed by atoms with Crippen molar-refractivity contribution in [3.8, 4) is 5.75 Å². The molecule has 0 spiro atoms. The highest BCUT2D eigenvalue weighted by atomic mass is 16.5. The van der Waals surface area contributed by atoms with Gasteiger partial charge >= 0.3 is 5.97 Å². The van der Waals surface area contributed by atoms with Gasteiger partial charge in [0.05, 0.1) is 5.56 Å². The quantitative estimate of drug-likeness (QED) is 0.370. The summed E-state index contributed by atoms with van der Waals surface area (Å²) in [5.74, 6) is 0.872. The third kappa shape index (κ3) is 3.45. The lowest BCUT2D eigenvalue weighted by molar-refractivity contribution is -0.128. The average molecular weight is 270 g/mol. The molecule has 0 radical (unpaired) electrons. The van der Waals surface area contributed by atoms with Gasteiger partial charge in [-0.05, 0) is 44.2 Å². The molecule has 1 heterocycles. The van der Waals surface area contributed by atoms with Crippen molar-refractivity contribution in [2.45, 2.75) is 13.8 Å². The predicted octanol–water partition coefficient (Wildman–Crippen LogP) is 3.41. The molecule has 2 aromatic rings. The van der Waals surface area contributed by atoms with Gasteiger partial charge in [0.25, 0.3) is 0 Å². The Hall–Kier alpha value is -2.62. The molecule has 0 aliphatic rings. The van der Waals surface area contributed by atoms with Gasteiger partial charge in [0.1, 0.15) is 17.3 Å². The first-order valence-corrected chi connectivity index (χ1v) is 6.12. The highest BCUT2D eigenvalue weighted by Crippen LogP contribution is 2.18. The van der Waals surface area contributed by atoms with Gasteiger partial charge in [-0.2, -0.15) is 0 Å². The number of ketones is 1. The molecule has 20 heavy (non-hydrogen) atoms. The Bertz CT molecular complexity index is 665. The van der Waals surface area contributed by atoms with Crippen LogP contribution in [0.2, 0.25) is 0 Å². The fourth-order valence-electron chi connectivity index (χ4n) is 1.68. The minimum Gasteiger partial charge on any atom is -0.462 e. The molecule has 0 fully saturated rings. The Morgan fingerprint density at radius 2 is 1.90 bits per heavy atom. The van der Waals surface area contributed by atoms with Crippen molar-refractivity contribution in [3.05, 3.63) is 59.6 Å². The molecule has 0 atom stereocenters. The summed E-state index contributed by atoms with van der Waals surface area (Å²) in [5.41, 5.74) is 0.378. The molecule has 0 aliphatic carbocycles. The van der Waals surface area contributed by atoms with E-state index in [0.717, 1.165) is 5.76 Å². The van der Waals surface area contributed by atoms with Crippen LogP contribution in [0, 0.1) is 6.92 Å². The van der Waals surface area contributed by atoms with Crippen molar-refractivity contribution in [1.82, 2.24) is 0 Å². The van der Waals surface area contributed by atoms with E-state index < -0.39 is 5.97 Å². The molecule has 1 aromatic carbocycles. The Labute approximate surface area is 116 Å². The molecule has 0 bridgehead atoms. The van der Waals surface area contributed by atoms with Crippen molar-refractivity contribution in [1.29, 1.82) is 0 Å². The van der Waals surface area contributed by atoms with Gasteiger partial charge in [0.2, 0.25) is 0 Å². The maximum atomic E-state index is 11.7. The predicted molar refractivity (Wildman–Crippen MR) is 74.6 cm³/mol. The normalized spacial score (nSPS) is 10.7. The van der Waals surface area contributed by atoms with Gasteiger partial charge in [-0.1, -0.05) is 12.1 Å². The lowest BCUT2D eigenvalue weighted by atomic mass is 10.1. The number of aryl methyl sites for hydroxylation is 1. The minimum atomic E-state index is -0.562. The molecule has 0 saturated carbocycles. The molecule has 2 rings (SSSR count). The van der Waals surface area contributed by atoms with Crippen molar-refractivity contribution < 1.29 is 18.7 Å². The Morgan fingerprint density at radius 3 is 2.55 bits per heavy atom. The van der Waals surface area contributed by atoms with E-state index in [9.17, 15) is 9.59 Å². The number of carbonyl (C=O) groups is 2. The largest absolute Gasteiger partial charge is 0.462 e. The van der Waals surface area contributed by atoms with E-state index in [1.54, 1.807) is 36.4 Å². The summed E-state index contributed by atoms with van der Waals surface area (Å²) < 4.78 is 10.4. The van der Waals surface area contributed by atoms with E-state index in [-0.39, 0.29) is 11.5 Å². The first-order chi connectivity index (χ1) is 9.56. The zero-order valence-corrected chi connectivity index (χ0v) is 11.3. The second kappa shape index (κ2) is 6.02. The van der Waals surface area contributed by atoms with E-state index in [2.05, 4.69) is 0 Å². The number of rotatable bonds is 4. The fraction of sp³-hybridized carbons (Fsp3) is 0.125. The number of ether oxygens (including phenoxy) is 1. The SMILES string of the molecule is CC(=O)c1ccccc1OC(=O)/C=C/c1ccc(C)o1. The van der Waals surface area contributed by atoms with Crippen LogP contribution in [0.4, 0.5) is 0 Å². The summed E-state index contributed by atoms with van der Waals surface area (Å²) in [6, 6.07) is 10.2. The monoisotopic (exact) mass is 270 g/mol. The first kappa shape index (κ1) is 13.8. The van der Waals surface area contributed by atoms with E-state index in [1.807, 2.05) is 6.92 Å². The smallest absolute Gasteiger partial charge is 0.336 e. The average Bonchev–Trinajstić information content (AvgIpc) is 2.83. The van der Waals surface area contributed by atoms with Crippen molar-refractivity contribution in [3.63, 3.8) is 0 Å². The Balaban J connectivity index is 2.09. The minimum absolute atomic E-state index is 0.154. The van der Waals surface area contributed by atoms with E-state index in [0.29, 0.717) is 11.3 Å². The van der Waals surface area contributed by atoms with Gasteiger partial charge in [-0.15, -0.1) is 0 Å². The molecule has 0 saturated heterocycles. The maximum absolute atomic E-state index is 11.7. The number of esters is 1. The number of furan rings is 1. The Kier molecular flexibility index (Phi) is 4.15. The van der Waals surface area contributed by atoms with Crippen molar-refractivity contribution in [2.24, 2.45) is 0 Å². The molecule has 0 N–H and O–H groups in total. The number of Topliss-reactive ketones (excluding diaryl/α,β-unsaturated/α-hetero) is 1. The number of para-hydroxylation sites is 1. The lowest BCUT2D eigenvalue weighted by Gasteiger charge is -2.05. The number of benzene rings is 1. The third-order valence-electron chi connectivity index (χ3n) is 2.62. The van der Waals surface area contributed by atoms with Crippen LogP contribution in [0.5, 0.6) is 5.75 Å². The number of hydrogen-bond acceptors (Lipinski definition) is 4. The fourth-order valence-corrected chi connectivity index (χ4v) is 1.68. The van der Waals surface area contributed by atoms with Crippen LogP contribution in [0.15, 0.2) is 46.9 Å². The van der Waals surface area contributed by atoms with Crippen LogP contribution in [-0.2, 0) is 4.79 Å². The summed E-state index contributed by atoms with van der Waals surface area (Å²) in [7, 11) is 0. The standard InChI is InChI=1S/C16H14O4/c1-11-7-8-13(19-11)9-10-16(18)20-15-6-4-3-5-14(15)12(2)17/h3-10H,1-2H3/b10-9+. The zero-order chi connectivity index (χ0) is 14.5. The summed E-state index contributed by atoms with van der Waals surface area (Å²) >= 11 is 0. The van der Waals surface area contributed by atoms with Gasteiger partial charge < -0.3 is 9.15 Å². The summed E-state index contributed by atoms with van der Waals surface area (Å²) in [4.78, 5) is 23.1. The summed E-state index contributed by atoms with van der Waals surface area (Å²) in [5, 5.41) is 0. The highest BCUT2D eigenvalue weighted by Gasteiger charge is 2.10. The van der Waals surface area contributed by atoms with Crippen LogP contribution in [0.1, 0.15) is 28.8 Å². The Morgan fingerprint density at radius 1 is 1.15 bits per heavy atom.